The molecule has 0 bridgehead atoms. The van der Waals surface area contributed by atoms with Gasteiger partial charge < -0.3 is 13.9 Å². The maximum Gasteiger partial charge on any atom is 0.420 e. The van der Waals surface area contributed by atoms with E-state index < -0.39 is 23.4 Å². The van der Waals surface area contributed by atoms with Gasteiger partial charge in [-0.15, -0.1) is 0 Å². The molecular weight excluding hydrogens is 313 g/mol. The fraction of sp³-hybridized carbons (Fsp3) is 0.200. The third-order valence-corrected chi connectivity index (χ3v) is 3.47. The Balaban J connectivity index is 2.41. The molecule has 5 nitrogen and oxygen atoms in total. The third kappa shape index (κ3) is 2.45. The largest absolute Gasteiger partial charge is 0.476 e. The molecule has 0 aliphatic rings. The summed E-state index contributed by atoms with van der Waals surface area (Å²) in [6.45, 7) is 1.66. The van der Waals surface area contributed by atoms with E-state index in [0.717, 1.165) is 6.07 Å². The van der Waals surface area contributed by atoms with Gasteiger partial charge in [-0.25, -0.2) is 9.78 Å². The number of aromatic nitrogens is 2. The highest BCUT2D eigenvalue weighted by Crippen LogP contribution is 2.36. The number of aromatic carboxylic acids is 1. The Labute approximate surface area is 128 Å². The second kappa shape index (κ2) is 5.15. The predicted octanol–water partition coefficient (Wildman–Crippen LogP) is 3.87. The molecule has 3 aromatic heterocycles. The van der Waals surface area contributed by atoms with Crippen LogP contribution in [0.5, 0.6) is 0 Å². The number of hydrogen-bond acceptors (Lipinski definition) is 3. The van der Waals surface area contributed by atoms with Crippen molar-refractivity contribution in [3.63, 3.8) is 0 Å². The van der Waals surface area contributed by atoms with Crippen LogP contribution in [0.1, 0.15) is 28.7 Å². The minimum Gasteiger partial charge on any atom is -0.476 e. The number of imidazole rings is 1. The highest BCUT2D eigenvalue weighted by Gasteiger charge is 2.36. The number of rotatable bonds is 3. The first-order valence-corrected chi connectivity index (χ1v) is 6.72. The van der Waals surface area contributed by atoms with Crippen LogP contribution in [0, 0.1) is 0 Å². The summed E-state index contributed by atoms with van der Waals surface area (Å²) in [6.07, 6.45) is -1.69. The van der Waals surface area contributed by atoms with Crippen LogP contribution in [0.15, 0.2) is 35.1 Å². The molecule has 23 heavy (non-hydrogen) atoms. The van der Waals surface area contributed by atoms with E-state index in [9.17, 15) is 18.0 Å². The molecule has 0 amide bonds. The van der Waals surface area contributed by atoms with Crippen LogP contribution in [0.4, 0.5) is 13.2 Å². The van der Waals surface area contributed by atoms with Crippen molar-refractivity contribution in [2.24, 2.45) is 0 Å². The summed E-state index contributed by atoms with van der Waals surface area (Å²) in [5, 5.41) is 9.17. The number of furan rings is 1. The molecule has 0 radical (unpaired) electrons. The lowest BCUT2D eigenvalue weighted by atomic mass is 10.1. The number of halogens is 3. The summed E-state index contributed by atoms with van der Waals surface area (Å²) in [6, 6.07) is 4.00. The number of fused-ring (bicyclic) bond motifs is 1. The second-order valence-corrected chi connectivity index (χ2v) is 4.88. The molecule has 0 saturated heterocycles. The molecule has 3 rings (SSSR count). The zero-order chi connectivity index (χ0) is 16.8. The monoisotopic (exact) mass is 324 g/mol. The smallest absolute Gasteiger partial charge is 0.420 e. The quantitative estimate of drug-likeness (QED) is 0.794. The van der Waals surface area contributed by atoms with E-state index in [-0.39, 0.29) is 29.1 Å². The van der Waals surface area contributed by atoms with Gasteiger partial charge in [-0.1, -0.05) is 6.92 Å². The van der Waals surface area contributed by atoms with Crippen LogP contribution in [0.2, 0.25) is 0 Å². The SMILES string of the molecule is CCc1c(C(=O)O)nc2c(C(F)(F)F)cc(-c3ccco3)cn12. The van der Waals surface area contributed by atoms with Crippen molar-refractivity contribution in [2.75, 3.05) is 0 Å². The first kappa shape index (κ1) is 15.1. The summed E-state index contributed by atoms with van der Waals surface area (Å²) in [4.78, 5) is 14.9. The molecule has 0 spiro atoms. The summed E-state index contributed by atoms with van der Waals surface area (Å²) in [5.74, 6) is -1.11. The van der Waals surface area contributed by atoms with Crippen LogP contribution >= 0.6 is 0 Å². The van der Waals surface area contributed by atoms with Crippen molar-refractivity contribution >= 4 is 11.6 Å². The molecule has 3 heterocycles. The van der Waals surface area contributed by atoms with Crippen LogP contribution in [0.3, 0.4) is 0 Å². The highest BCUT2D eigenvalue weighted by atomic mass is 19.4. The maximum atomic E-state index is 13.4. The van der Waals surface area contributed by atoms with Crippen molar-refractivity contribution in [3.05, 3.63) is 47.6 Å². The average molecular weight is 324 g/mol. The lowest BCUT2D eigenvalue weighted by molar-refractivity contribution is -0.136. The van der Waals surface area contributed by atoms with Gasteiger partial charge in [0.05, 0.1) is 17.5 Å². The van der Waals surface area contributed by atoms with Crippen molar-refractivity contribution in [2.45, 2.75) is 19.5 Å². The van der Waals surface area contributed by atoms with Gasteiger partial charge in [0.1, 0.15) is 11.4 Å². The standard InChI is InChI=1S/C15H11F3N2O3/c1-2-10-12(14(21)22)19-13-9(15(16,17)18)6-8(7-20(10)13)11-4-3-5-23-11/h3-7H,2H2,1H3,(H,21,22). The topological polar surface area (TPSA) is 67.7 Å². The minimum atomic E-state index is -4.67. The Morgan fingerprint density at radius 1 is 1.43 bits per heavy atom. The summed E-state index contributed by atoms with van der Waals surface area (Å²) < 4.78 is 46.4. The first-order chi connectivity index (χ1) is 10.8. The van der Waals surface area contributed by atoms with Crippen LogP contribution < -0.4 is 0 Å². The molecular formula is C15H11F3N2O3. The lowest BCUT2D eigenvalue weighted by Crippen LogP contribution is -2.09. The normalized spacial score (nSPS) is 12.0. The Morgan fingerprint density at radius 3 is 2.70 bits per heavy atom. The Morgan fingerprint density at radius 2 is 2.17 bits per heavy atom. The van der Waals surface area contributed by atoms with E-state index in [0.29, 0.717) is 0 Å². The summed E-state index contributed by atoms with van der Waals surface area (Å²) in [7, 11) is 0. The van der Waals surface area contributed by atoms with Gasteiger partial charge in [0.15, 0.2) is 5.69 Å². The molecule has 1 N–H and O–H groups in total. The Kier molecular flexibility index (Phi) is 3.39. The minimum absolute atomic E-state index is 0.193. The highest BCUT2D eigenvalue weighted by molar-refractivity contribution is 5.88. The Bertz CT molecular complexity index is 880. The zero-order valence-corrected chi connectivity index (χ0v) is 11.9. The summed E-state index contributed by atoms with van der Waals surface area (Å²) >= 11 is 0. The van der Waals surface area contributed by atoms with Crippen LogP contribution in [0.25, 0.3) is 17.0 Å². The van der Waals surface area contributed by atoms with Crippen LogP contribution in [-0.4, -0.2) is 20.5 Å². The van der Waals surface area contributed by atoms with Gasteiger partial charge in [0, 0.05) is 11.8 Å². The number of carboxylic acids is 1. The molecule has 120 valence electrons. The third-order valence-electron chi connectivity index (χ3n) is 3.47. The fourth-order valence-electron chi connectivity index (χ4n) is 2.49. The number of hydrogen-bond donors (Lipinski definition) is 1. The number of carbonyl (C=O) groups is 1. The zero-order valence-electron chi connectivity index (χ0n) is 11.9. The maximum absolute atomic E-state index is 13.4. The van der Waals surface area contributed by atoms with E-state index in [1.54, 1.807) is 13.0 Å². The number of carboxylic acid groups (broad SMARTS) is 1. The van der Waals surface area contributed by atoms with E-state index in [2.05, 4.69) is 4.98 Å². The molecule has 0 fully saturated rings. The van der Waals surface area contributed by atoms with E-state index in [1.807, 2.05) is 0 Å². The summed E-state index contributed by atoms with van der Waals surface area (Å²) in [5.41, 5.74) is -1.42. The number of aryl methyl sites for hydroxylation is 1. The molecule has 0 aliphatic heterocycles. The first-order valence-electron chi connectivity index (χ1n) is 6.72. The molecule has 0 aromatic carbocycles. The number of nitrogens with zero attached hydrogens (tertiary/aromatic N) is 2. The van der Waals surface area contributed by atoms with Gasteiger partial charge in [-0.2, -0.15) is 13.2 Å². The van der Waals surface area contributed by atoms with Gasteiger partial charge in [-0.3, -0.25) is 0 Å². The molecule has 3 aromatic rings. The lowest BCUT2D eigenvalue weighted by Gasteiger charge is -2.11. The van der Waals surface area contributed by atoms with Crippen molar-refractivity contribution < 1.29 is 27.5 Å². The van der Waals surface area contributed by atoms with Gasteiger partial charge >= 0.3 is 12.1 Å². The molecule has 0 saturated carbocycles. The van der Waals surface area contributed by atoms with Crippen molar-refractivity contribution in [1.29, 1.82) is 0 Å². The molecule has 0 unspecified atom stereocenters. The van der Waals surface area contributed by atoms with Crippen molar-refractivity contribution in [1.82, 2.24) is 9.38 Å². The van der Waals surface area contributed by atoms with Gasteiger partial charge in [-0.05, 0) is 24.6 Å². The fourth-order valence-corrected chi connectivity index (χ4v) is 2.49. The van der Waals surface area contributed by atoms with Crippen molar-refractivity contribution in [3.8, 4) is 11.3 Å². The van der Waals surface area contributed by atoms with E-state index in [1.165, 1.54) is 22.9 Å². The average Bonchev–Trinajstić information content (AvgIpc) is 3.12. The Hall–Kier alpha value is -2.77. The molecule has 0 atom stereocenters. The predicted molar refractivity (Wildman–Crippen MR) is 74.2 cm³/mol. The van der Waals surface area contributed by atoms with E-state index >= 15 is 0 Å². The van der Waals surface area contributed by atoms with Crippen LogP contribution in [-0.2, 0) is 12.6 Å². The molecule has 8 heteroatoms. The van der Waals surface area contributed by atoms with Gasteiger partial charge in [0.25, 0.3) is 0 Å². The van der Waals surface area contributed by atoms with Gasteiger partial charge in [0.2, 0.25) is 0 Å². The second-order valence-electron chi connectivity index (χ2n) is 4.88. The number of pyridine rings is 1. The van der Waals surface area contributed by atoms with E-state index in [4.69, 9.17) is 9.52 Å². The number of alkyl halides is 3. The molecule has 0 aliphatic carbocycles.